The van der Waals surface area contributed by atoms with E-state index in [-0.39, 0.29) is 0 Å². The number of hydrogen-bond donors (Lipinski definition) is 2. The van der Waals surface area contributed by atoms with Gasteiger partial charge in [0.15, 0.2) is 0 Å². The van der Waals surface area contributed by atoms with Crippen LogP contribution < -0.4 is 11.5 Å². The second-order valence-corrected chi connectivity index (χ2v) is 1.45. The van der Waals surface area contributed by atoms with Crippen LogP contribution in [0.25, 0.3) is 0 Å². The van der Waals surface area contributed by atoms with Crippen molar-refractivity contribution in [2.45, 2.75) is 13.0 Å². The average Bonchev–Trinajstić information content (AvgIpc) is 1.67. The summed E-state index contributed by atoms with van der Waals surface area (Å²) in [5.74, 6) is -0.497. The average molecular weight is 114 g/mol. The third kappa shape index (κ3) is 2.36. The summed E-state index contributed by atoms with van der Waals surface area (Å²) in [5, 5.41) is 0. The van der Waals surface area contributed by atoms with E-state index in [4.69, 9.17) is 11.5 Å². The minimum atomic E-state index is -0.625. The largest absolute Gasteiger partial charge is 0.368 e. The monoisotopic (exact) mass is 114 g/mol. The van der Waals surface area contributed by atoms with E-state index < -0.39 is 11.9 Å². The Morgan fingerprint density at radius 3 is 2.38 bits per heavy atom. The van der Waals surface area contributed by atoms with Crippen molar-refractivity contribution in [2.75, 3.05) is 0 Å². The number of amides is 1. The van der Waals surface area contributed by atoms with Crippen LogP contribution >= 0.6 is 0 Å². The standard InChI is InChI=1S/C5H10N2O/c1-2-3-4(6)5(7)8/h2-4H,6H2,1H3,(H2,7,8). The van der Waals surface area contributed by atoms with Crippen LogP contribution in [-0.2, 0) is 4.79 Å². The second kappa shape index (κ2) is 3.21. The predicted octanol–water partition coefficient (Wildman–Crippen LogP) is -0.625. The Balaban J connectivity index is 3.64. The van der Waals surface area contributed by atoms with Crippen LogP contribution in [0.15, 0.2) is 12.2 Å². The van der Waals surface area contributed by atoms with Crippen LogP contribution in [0.2, 0.25) is 0 Å². The second-order valence-electron chi connectivity index (χ2n) is 1.45. The van der Waals surface area contributed by atoms with E-state index in [0.717, 1.165) is 0 Å². The van der Waals surface area contributed by atoms with Gasteiger partial charge in [-0.15, -0.1) is 0 Å². The fourth-order valence-electron chi connectivity index (χ4n) is 0.302. The van der Waals surface area contributed by atoms with Crippen LogP contribution in [-0.4, -0.2) is 11.9 Å². The minimum absolute atomic E-state index is 0.497. The van der Waals surface area contributed by atoms with Crippen LogP contribution in [0.3, 0.4) is 0 Å². The molecule has 0 aliphatic carbocycles. The molecule has 0 bridgehead atoms. The molecule has 3 heteroatoms. The van der Waals surface area contributed by atoms with Crippen LogP contribution in [0.4, 0.5) is 0 Å². The highest BCUT2D eigenvalue weighted by Crippen LogP contribution is 1.77. The summed E-state index contributed by atoms with van der Waals surface area (Å²) in [7, 11) is 0. The Labute approximate surface area is 48.4 Å². The zero-order chi connectivity index (χ0) is 6.57. The van der Waals surface area contributed by atoms with E-state index in [0.29, 0.717) is 0 Å². The molecule has 1 amide bonds. The van der Waals surface area contributed by atoms with Gasteiger partial charge < -0.3 is 11.5 Å². The Bertz CT molecular complexity index is 109. The zero-order valence-corrected chi connectivity index (χ0v) is 4.79. The Morgan fingerprint density at radius 1 is 1.75 bits per heavy atom. The summed E-state index contributed by atoms with van der Waals surface area (Å²) >= 11 is 0. The minimum Gasteiger partial charge on any atom is -0.368 e. The van der Waals surface area contributed by atoms with Crippen molar-refractivity contribution in [3.63, 3.8) is 0 Å². The molecule has 1 atom stereocenters. The Hall–Kier alpha value is -0.830. The van der Waals surface area contributed by atoms with E-state index in [1.54, 1.807) is 19.1 Å². The third-order valence-electron chi connectivity index (χ3n) is 0.728. The third-order valence-corrected chi connectivity index (χ3v) is 0.728. The lowest BCUT2D eigenvalue weighted by Crippen LogP contribution is -2.34. The van der Waals surface area contributed by atoms with Crippen molar-refractivity contribution in [2.24, 2.45) is 11.5 Å². The van der Waals surface area contributed by atoms with Crippen molar-refractivity contribution in [1.82, 2.24) is 0 Å². The van der Waals surface area contributed by atoms with Crippen molar-refractivity contribution in [1.29, 1.82) is 0 Å². The Morgan fingerprint density at radius 2 is 2.25 bits per heavy atom. The maximum absolute atomic E-state index is 10.1. The summed E-state index contributed by atoms with van der Waals surface area (Å²) in [4.78, 5) is 10.1. The lowest BCUT2D eigenvalue weighted by molar-refractivity contribution is -0.118. The van der Waals surface area contributed by atoms with Gasteiger partial charge in [-0.2, -0.15) is 0 Å². The van der Waals surface area contributed by atoms with Gasteiger partial charge in [0.25, 0.3) is 0 Å². The highest BCUT2D eigenvalue weighted by molar-refractivity contribution is 5.81. The molecule has 0 aromatic heterocycles. The van der Waals surface area contributed by atoms with Crippen molar-refractivity contribution < 1.29 is 4.79 Å². The molecule has 0 radical (unpaired) electrons. The summed E-state index contributed by atoms with van der Waals surface area (Å²) < 4.78 is 0. The van der Waals surface area contributed by atoms with E-state index in [1.807, 2.05) is 0 Å². The predicted molar refractivity (Wildman–Crippen MR) is 32.0 cm³/mol. The maximum atomic E-state index is 10.1. The summed E-state index contributed by atoms with van der Waals surface area (Å²) in [5.41, 5.74) is 9.97. The lowest BCUT2D eigenvalue weighted by atomic mass is 10.3. The number of nitrogens with two attached hydrogens (primary N) is 2. The van der Waals surface area contributed by atoms with Crippen LogP contribution in [0.1, 0.15) is 6.92 Å². The first-order valence-electron chi connectivity index (χ1n) is 2.36. The number of hydrogen-bond acceptors (Lipinski definition) is 2. The smallest absolute Gasteiger partial charge is 0.238 e. The first-order chi connectivity index (χ1) is 3.68. The fraction of sp³-hybridized carbons (Fsp3) is 0.400. The molecule has 0 aliphatic heterocycles. The number of allylic oxidation sites excluding steroid dienone is 1. The van der Waals surface area contributed by atoms with E-state index >= 15 is 0 Å². The van der Waals surface area contributed by atoms with Gasteiger partial charge >= 0.3 is 0 Å². The lowest BCUT2D eigenvalue weighted by Gasteiger charge is -1.95. The van der Waals surface area contributed by atoms with Gasteiger partial charge in [-0.05, 0) is 6.92 Å². The molecule has 0 aromatic rings. The van der Waals surface area contributed by atoms with Gasteiger partial charge in [-0.1, -0.05) is 12.2 Å². The van der Waals surface area contributed by atoms with E-state index in [9.17, 15) is 4.79 Å². The highest BCUT2D eigenvalue weighted by atomic mass is 16.1. The normalized spacial score (nSPS) is 14.2. The molecule has 0 aromatic carbocycles. The van der Waals surface area contributed by atoms with E-state index in [1.165, 1.54) is 0 Å². The molecule has 0 aliphatic rings. The van der Waals surface area contributed by atoms with Crippen molar-refractivity contribution >= 4 is 5.91 Å². The quantitative estimate of drug-likeness (QED) is 0.469. The van der Waals surface area contributed by atoms with Crippen LogP contribution in [0.5, 0.6) is 0 Å². The van der Waals surface area contributed by atoms with E-state index in [2.05, 4.69) is 0 Å². The zero-order valence-electron chi connectivity index (χ0n) is 4.79. The SMILES string of the molecule is CC=CC(N)C(N)=O. The van der Waals surface area contributed by atoms with Crippen LogP contribution in [0, 0.1) is 0 Å². The number of rotatable bonds is 2. The van der Waals surface area contributed by atoms with Gasteiger partial charge in [-0.25, -0.2) is 0 Å². The molecule has 8 heavy (non-hydrogen) atoms. The molecule has 1 unspecified atom stereocenters. The number of carbonyl (C=O) groups is 1. The molecule has 3 nitrogen and oxygen atoms in total. The molecular weight excluding hydrogens is 104 g/mol. The first kappa shape index (κ1) is 7.17. The Kier molecular flexibility index (Phi) is 2.88. The summed E-state index contributed by atoms with van der Waals surface area (Å²) in [6, 6.07) is -0.625. The molecule has 0 fully saturated rings. The summed E-state index contributed by atoms with van der Waals surface area (Å²) in [6.07, 6.45) is 3.23. The molecular formula is C5H10N2O. The molecule has 0 saturated heterocycles. The van der Waals surface area contributed by atoms with Gasteiger partial charge in [-0.3, -0.25) is 4.79 Å². The van der Waals surface area contributed by atoms with Gasteiger partial charge in [0.1, 0.15) is 6.04 Å². The van der Waals surface area contributed by atoms with Gasteiger partial charge in [0.2, 0.25) is 5.91 Å². The maximum Gasteiger partial charge on any atom is 0.238 e. The molecule has 0 spiro atoms. The molecule has 4 N–H and O–H groups in total. The molecule has 0 saturated carbocycles. The molecule has 0 rings (SSSR count). The van der Waals surface area contributed by atoms with Crippen molar-refractivity contribution in [3.8, 4) is 0 Å². The highest BCUT2D eigenvalue weighted by Gasteiger charge is 2.00. The van der Waals surface area contributed by atoms with Crippen molar-refractivity contribution in [3.05, 3.63) is 12.2 Å². The topological polar surface area (TPSA) is 69.1 Å². The van der Waals surface area contributed by atoms with Gasteiger partial charge in [0.05, 0.1) is 0 Å². The molecule has 46 valence electrons. The summed E-state index contributed by atoms with van der Waals surface area (Å²) in [6.45, 7) is 1.78. The van der Waals surface area contributed by atoms with Gasteiger partial charge in [0, 0.05) is 0 Å². The molecule has 0 heterocycles. The number of carbonyl (C=O) groups excluding carboxylic acids is 1. The first-order valence-corrected chi connectivity index (χ1v) is 2.36. The fourth-order valence-corrected chi connectivity index (χ4v) is 0.302. The number of primary amides is 1.